The Morgan fingerprint density at radius 2 is 2.17 bits per heavy atom. The van der Waals surface area contributed by atoms with E-state index in [0.29, 0.717) is 11.0 Å². The van der Waals surface area contributed by atoms with E-state index < -0.39 is 0 Å². The molecule has 18 heavy (non-hydrogen) atoms. The summed E-state index contributed by atoms with van der Waals surface area (Å²) in [6, 6.07) is 4.63. The monoisotopic (exact) mass is 285 g/mol. The largest absolute Gasteiger partial charge is 0.384 e. The molecule has 2 N–H and O–H groups in total. The molecular weight excluding hydrogens is 273 g/mol. The molecule has 0 aliphatic rings. The molecule has 6 heteroatoms. The third kappa shape index (κ3) is 3.34. The van der Waals surface area contributed by atoms with Crippen molar-refractivity contribution >= 4 is 34.3 Å². The zero-order chi connectivity index (χ0) is 13.0. The number of hydrogen-bond acceptors (Lipinski definition) is 4. The molecule has 96 valence electrons. The topological polar surface area (TPSA) is 37.0 Å². The van der Waals surface area contributed by atoms with Crippen LogP contribution in [0.2, 0.25) is 4.47 Å². The van der Waals surface area contributed by atoms with Crippen LogP contribution >= 0.6 is 22.9 Å². The third-order valence-electron chi connectivity index (χ3n) is 2.33. The molecular formula is C12H13ClFN3S. The molecule has 2 aromatic rings. The summed E-state index contributed by atoms with van der Waals surface area (Å²) >= 11 is 7.16. The summed E-state index contributed by atoms with van der Waals surface area (Å²) in [5, 5.41) is 6.36. The Morgan fingerprint density at radius 1 is 1.33 bits per heavy atom. The number of nitrogens with zero attached hydrogens (tertiary/aromatic N) is 1. The van der Waals surface area contributed by atoms with E-state index in [-0.39, 0.29) is 5.82 Å². The molecule has 0 aliphatic carbocycles. The Balaban J connectivity index is 2.09. The van der Waals surface area contributed by atoms with E-state index in [0.717, 1.165) is 22.8 Å². The number of aromatic nitrogens is 1. The van der Waals surface area contributed by atoms with Crippen LogP contribution in [0.25, 0.3) is 0 Å². The maximum absolute atomic E-state index is 13.2. The summed E-state index contributed by atoms with van der Waals surface area (Å²) < 4.78 is 13.7. The van der Waals surface area contributed by atoms with Crippen molar-refractivity contribution in [1.29, 1.82) is 0 Å². The smallest absolute Gasteiger partial charge is 0.183 e. The molecule has 3 nitrogen and oxygen atoms in total. The third-order valence-corrected chi connectivity index (χ3v) is 3.44. The van der Waals surface area contributed by atoms with Crippen molar-refractivity contribution in [2.75, 3.05) is 17.2 Å². The molecule has 0 unspecified atom stereocenters. The van der Waals surface area contributed by atoms with Crippen LogP contribution in [0.5, 0.6) is 0 Å². The van der Waals surface area contributed by atoms with Gasteiger partial charge in [-0.15, -0.1) is 11.3 Å². The van der Waals surface area contributed by atoms with Gasteiger partial charge in [-0.3, -0.25) is 0 Å². The molecule has 1 aromatic heterocycles. The molecule has 0 fully saturated rings. The van der Waals surface area contributed by atoms with Crippen LogP contribution in [-0.4, -0.2) is 11.5 Å². The lowest BCUT2D eigenvalue weighted by Gasteiger charge is -2.12. The molecule has 0 saturated heterocycles. The summed E-state index contributed by atoms with van der Waals surface area (Å²) in [7, 11) is 0. The number of halogens is 2. The van der Waals surface area contributed by atoms with Crippen LogP contribution in [0, 0.1) is 5.82 Å². The van der Waals surface area contributed by atoms with Crippen LogP contribution in [0.15, 0.2) is 24.4 Å². The van der Waals surface area contributed by atoms with Gasteiger partial charge >= 0.3 is 0 Å². The lowest BCUT2D eigenvalue weighted by Crippen LogP contribution is -2.04. The van der Waals surface area contributed by atoms with E-state index in [2.05, 4.69) is 15.6 Å². The van der Waals surface area contributed by atoms with Crippen LogP contribution in [0.3, 0.4) is 0 Å². The van der Waals surface area contributed by atoms with Crippen LogP contribution in [0.1, 0.15) is 11.8 Å². The zero-order valence-corrected chi connectivity index (χ0v) is 11.4. The minimum atomic E-state index is -0.263. The number of nitrogens with one attached hydrogen (secondary N) is 2. The lowest BCUT2D eigenvalue weighted by atomic mass is 10.2. The summed E-state index contributed by atoms with van der Waals surface area (Å²) in [5.74, 6) is -0.263. The van der Waals surface area contributed by atoms with Gasteiger partial charge in [0, 0.05) is 17.6 Å². The maximum Gasteiger partial charge on any atom is 0.183 e. The summed E-state index contributed by atoms with van der Waals surface area (Å²) in [6.07, 6.45) is 1.71. The van der Waals surface area contributed by atoms with Crippen molar-refractivity contribution < 1.29 is 4.39 Å². The fourth-order valence-electron chi connectivity index (χ4n) is 1.56. The summed E-state index contributed by atoms with van der Waals surface area (Å²) in [4.78, 5) is 4.97. The first kappa shape index (κ1) is 13.1. The van der Waals surface area contributed by atoms with Crippen molar-refractivity contribution in [1.82, 2.24) is 4.98 Å². The Labute approximate surface area is 114 Å². The van der Waals surface area contributed by atoms with Gasteiger partial charge in [0.15, 0.2) is 4.47 Å². The highest BCUT2D eigenvalue weighted by molar-refractivity contribution is 7.15. The van der Waals surface area contributed by atoms with E-state index in [1.165, 1.54) is 23.5 Å². The summed E-state index contributed by atoms with van der Waals surface area (Å²) in [6.45, 7) is 3.36. The molecule has 0 atom stereocenters. The van der Waals surface area contributed by atoms with E-state index in [9.17, 15) is 4.39 Å². The van der Waals surface area contributed by atoms with Crippen molar-refractivity contribution in [3.8, 4) is 0 Å². The van der Waals surface area contributed by atoms with E-state index >= 15 is 0 Å². The highest BCUT2D eigenvalue weighted by Gasteiger charge is 2.05. The van der Waals surface area contributed by atoms with E-state index in [4.69, 9.17) is 11.6 Å². The van der Waals surface area contributed by atoms with Crippen molar-refractivity contribution in [3.05, 3.63) is 39.6 Å². The Hall–Kier alpha value is -1.33. The van der Waals surface area contributed by atoms with E-state index in [1.807, 2.05) is 6.92 Å². The molecule has 0 spiro atoms. The minimum Gasteiger partial charge on any atom is -0.384 e. The first-order chi connectivity index (χ1) is 8.69. The second-order valence-corrected chi connectivity index (χ2v) is 5.35. The highest BCUT2D eigenvalue weighted by atomic mass is 35.5. The summed E-state index contributed by atoms with van der Waals surface area (Å²) in [5.41, 5.74) is 1.62. The molecule has 2 rings (SSSR count). The minimum absolute atomic E-state index is 0.263. The van der Waals surface area contributed by atoms with Crippen molar-refractivity contribution in [2.24, 2.45) is 0 Å². The average molecular weight is 286 g/mol. The molecule has 0 amide bonds. The molecule has 0 radical (unpaired) electrons. The molecule has 0 bridgehead atoms. The fourth-order valence-corrected chi connectivity index (χ4v) is 2.47. The average Bonchev–Trinajstić information content (AvgIpc) is 2.76. The van der Waals surface area contributed by atoms with Crippen molar-refractivity contribution in [3.63, 3.8) is 0 Å². The van der Waals surface area contributed by atoms with Crippen LogP contribution in [-0.2, 0) is 6.54 Å². The first-order valence-corrected chi connectivity index (χ1v) is 6.76. The number of rotatable bonds is 5. The van der Waals surface area contributed by atoms with Crippen LogP contribution in [0.4, 0.5) is 15.8 Å². The van der Waals surface area contributed by atoms with Gasteiger partial charge in [-0.2, -0.15) is 0 Å². The second kappa shape index (κ2) is 6.02. The van der Waals surface area contributed by atoms with Gasteiger partial charge in [-0.25, -0.2) is 9.37 Å². The number of anilines is 2. The molecule has 1 heterocycles. The van der Waals surface area contributed by atoms with Gasteiger partial charge in [0.05, 0.1) is 17.9 Å². The zero-order valence-electron chi connectivity index (χ0n) is 9.84. The predicted octanol–water partition coefficient (Wildman–Crippen LogP) is 3.98. The molecule has 0 saturated carbocycles. The Kier molecular flexibility index (Phi) is 4.38. The van der Waals surface area contributed by atoms with Gasteiger partial charge in [-0.1, -0.05) is 11.6 Å². The molecule has 1 aromatic carbocycles. The van der Waals surface area contributed by atoms with Gasteiger partial charge in [0.2, 0.25) is 0 Å². The van der Waals surface area contributed by atoms with E-state index in [1.54, 1.807) is 12.3 Å². The van der Waals surface area contributed by atoms with Gasteiger partial charge in [0.25, 0.3) is 0 Å². The van der Waals surface area contributed by atoms with Gasteiger partial charge < -0.3 is 10.6 Å². The SMILES string of the molecule is CCNc1ccc(F)cc1NCc1cnc(Cl)s1. The highest BCUT2D eigenvalue weighted by Crippen LogP contribution is 2.25. The second-order valence-electron chi connectivity index (χ2n) is 3.65. The Bertz CT molecular complexity index is 530. The predicted molar refractivity (Wildman–Crippen MR) is 75.0 cm³/mol. The van der Waals surface area contributed by atoms with Gasteiger partial charge in [0.1, 0.15) is 5.82 Å². The lowest BCUT2D eigenvalue weighted by molar-refractivity contribution is 0.628. The van der Waals surface area contributed by atoms with Crippen LogP contribution < -0.4 is 10.6 Å². The number of thiazole rings is 1. The fraction of sp³-hybridized carbons (Fsp3) is 0.250. The van der Waals surface area contributed by atoms with Gasteiger partial charge in [-0.05, 0) is 25.1 Å². The normalized spacial score (nSPS) is 10.4. The maximum atomic E-state index is 13.2. The van der Waals surface area contributed by atoms with Crippen molar-refractivity contribution in [2.45, 2.75) is 13.5 Å². The first-order valence-electron chi connectivity index (χ1n) is 5.56. The standard InChI is InChI=1S/C12H13ClFN3S/c1-2-15-10-4-3-8(14)5-11(10)16-6-9-7-17-12(13)18-9/h3-5,7,15-16H,2,6H2,1H3. The quantitative estimate of drug-likeness (QED) is 0.872. The Morgan fingerprint density at radius 3 is 2.83 bits per heavy atom. The molecule has 0 aliphatic heterocycles. The number of benzene rings is 1. The number of hydrogen-bond donors (Lipinski definition) is 2.